The molecule has 0 aliphatic heterocycles. The first-order chi connectivity index (χ1) is 8.04. The van der Waals surface area contributed by atoms with E-state index in [-0.39, 0.29) is 18.3 Å². The molecule has 5 nitrogen and oxygen atoms in total. The minimum absolute atomic E-state index is 0.0303. The van der Waals surface area contributed by atoms with Crippen LogP contribution < -0.4 is 0 Å². The molecule has 0 aliphatic carbocycles. The van der Waals surface area contributed by atoms with Gasteiger partial charge in [-0.3, -0.25) is 4.79 Å². The maximum atomic E-state index is 11.4. The number of Topliss-reactive ketones (excluding diaryl/α,β-unsaturated/α-hetero) is 1. The van der Waals surface area contributed by atoms with Gasteiger partial charge in [-0.25, -0.2) is 9.67 Å². The predicted molar refractivity (Wildman–Crippen MR) is 64.4 cm³/mol. The van der Waals surface area contributed by atoms with Gasteiger partial charge in [0.1, 0.15) is 17.9 Å². The first-order valence-corrected chi connectivity index (χ1v) is 6.02. The van der Waals surface area contributed by atoms with E-state index in [9.17, 15) is 4.79 Å². The van der Waals surface area contributed by atoms with Gasteiger partial charge in [-0.05, 0) is 19.3 Å². The number of aromatic nitrogens is 3. The third kappa shape index (κ3) is 4.26. The summed E-state index contributed by atoms with van der Waals surface area (Å²) < 4.78 is 1.85. The number of aliphatic hydroxyl groups is 1. The topological polar surface area (TPSA) is 68.0 Å². The molecule has 1 N–H and O–H groups in total. The van der Waals surface area contributed by atoms with E-state index < -0.39 is 0 Å². The van der Waals surface area contributed by atoms with E-state index in [1.807, 2.05) is 4.68 Å². The van der Waals surface area contributed by atoms with Crippen LogP contribution in [0.15, 0.2) is 6.33 Å². The molecule has 0 radical (unpaired) electrons. The number of carbonyl (C=O) groups excluding carboxylic acids is 1. The molecule has 5 heteroatoms. The summed E-state index contributed by atoms with van der Waals surface area (Å²) in [4.78, 5) is 15.6. The lowest BCUT2D eigenvalue weighted by atomic mass is 9.97. The number of hydrogen-bond acceptors (Lipinski definition) is 4. The molecule has 1 aromatic heterocycles. The van der Waals surface area contributed by atoms with Crippen LogP contribution in [0.1, 0.15) is 33.0 Å². The molecule has 0 aliphatic rings. The Balaban J connectivity index is 2.71. The van der Waals surface area contributed by atoms with E-state index in [4.69, 9.17) is 5.11 Å². The van der Waals surface area contributed by atoms with E-state index in [1.54, 1.807) is 6.92 Å². The van der Waals surface area contributed by atoms with Gasteiger partial charge in [0.15, 0.2) is 0 Å². The fraction of sp³-hybridized carbons (Fsp3) is 0.750. The van der Waals surface area contributed by atoms with Crippen LogP contribution in [0.2, 0.25) is 0 Å². The van der Waals surface area contributed by atoms with E-state index in [1.165, 1.54) is 6.33 Å². The van der Waals surface area contributed by atoms with Crippen molar-refractivity contribution in [3.63, 3.8) is 0 Å². The molecule has 0 aromatic carbocycles. The summed E-state index contributed by atoms with van der Waals surface area (Å²) >= 11 is 0. The number of nitrogens with zero attached hydrogens (tertiary/aromatic N) is 3. The zero-order valence-electron chi connectivity index (χ0n) is 10.8. The summed E-state index contributed by atoms with van der Waals surface area (Å²) in [6, 6.07) is 0. The lowest BCUT2D eigenvalue weighted by Gasteiger charge is -2.13. The van der Waals surface area contributed by atoms with Crippen LogP contribution in [0.25, 0.3) is 0 Å². The molecule has 17 heavy (non-hydrogen) atoms. The summed E-state index contributed by atoms with van der Waals surface area (Å²) in [7, 11) is 0. The van der Waals surface area contributed by atoms with Crippen LogP contribution in [-0.2, 0) is 17.8 Å². The second-order valence-electron chi connectivity index (χ2n) is 4.78. The standard InChI is InChI=1S/C12H21N3O2/c1-9(2)7-15-12(13-8-14-15)6-11(4-5-16)10(3)17/h8-9,11,16H,4-7H2,1-3H3. The Hall–Kier alpha value is -1.23. The first-order valence-electron chi connectivity index (χ1n) is 6.02. The maximum absolute atomic E-state index is 11.4. The molecule has 1 rings (SSSR count). The highest BCUT2D eigenvalue weighted by Gasteiger charge is 2.18. The Bertz CT molecular complexity index is 360. The average Bonchev–Trinajstić information content (AvgIpc) is 2.64. The molecule has 0 spiro atoms. The van der Waals surface area contributed by atoms with Gasteiger partial charge < -0.3 is 5.11 Å². The monoisotopic (exact) mass is 239 g/mol. The minimum Gasteiger partial charge on any atom is -0.396 e. The summed E-state index contributed by atoms with van der Waals surface area (Å²) in [5.41, 5.74) is 0. The van der Waals surface area contributed by atoms with Crippen molar-refractivity contribution in [3.05, 3.63) is 12.2 Å². The number of carbonyl (C=O) groups is 1. The highest BCUT2D eigenvalue weighted by atomic mass is 16.3. The molecule has 0 bridgehead atoms. The summed E-state index contributed by atoms with van der Waals surface area (Å²) in [5.74, 6) is 1.25. The van der Waals surface area contributed by atoms with Gasteiger partial charge in [0.25, 0.3) is 0 Å². The second-order valence-corrected chi connectivity index (χ2v) is 4.78. The van der Waals surface area contributed by atoms with Crippen molar-refractivity contribution in [2.45, 2.75) is 40.2 Å². The molecular formula is C12H21N3O2. The van der Waals surface area contributed by atoms with Crippen LogP contribution in [0.5, 0.6) is 0 Å². The zero-order valence-corrected chi connectivity index (χ0v) is 10.8. The van der Waals surface area contributed by atoms with Crippen molar-refractivity contribution in [2.75, 3.05) is 6.61 Å². The number of hydrogen-bond donors (Lipinski definition) is 1. The van der Waals surface area contributed by atoms with Gasteiger partial charge in [-0.1, -0.05) is 13.8 Å². The molecule has 0 fully saturated rings. The number of aliphatic hydroxyl groups excluding tert-OH is 1. The molecule has 0 saturated carbocycles. The summed E-state index contributed by atoms with van der Waals surface area (Å²) in [6.07, 6.45) is 2.57. The van der Waals surface area contributed by atoms with Gasteiger partial charge >= 0.3 is 0 Å². The Morgan fingerprint density at radius 2 is 2.24 bits per heavy atom. The van der Waals surface area contributed by atoms with E-state index in [0.717, 1.165) is 12.4 Å². The lowest BCUT2D eigenvalue weighted by molar-refractivity contribution is -0.121. The maximum Gasteiger partial charge on any atom is 0.138 e. The first kappa shape index (κ1) is 13.8. The molecular weight excluding hydrogens is 218 g/mol. The Morgan fingerprint density at radius 1 is 1.53 bits per heavy atom. The van der Waals surface area contributed by atoms with Gasteiger partial charge in [0.05, 0.1) is 0 Å². The van der Waals surface area contributed by atoms with Crippen molar-refractivity contribution in [1.82, 2.24) is 14.8 Å². The fourth-order valence-corrected chi connectivity index (χ4v) is 1.77. The third-order valence-electron chi connectivity index (χ3n) is 2.72. The number of rotatable bonds is 7. The lowest BCUT2D eigenvalue weighted by Crippen LogP contribution is -2.19. The van der Waals surface area contributed by atoms with Crippen molar-refractivity contribution in [1.29, 1.82) is 0 Å². The summed E-state index contributed by atoms with van der Waals surface area (Å²) in [6.45, 7) is 6.62. The summed E-state index contributed by atoms with van der Waals surface area (Å²) in [5, 5.41) is 13.1. The van der Waals surface area contributed by atoms with Crippen LogP contribution >= 0.6 is 0 Å². The van der Waals surface area contributed by atoms with Crippen LogP contribution in [0.3, 0.4) is 0 Å². The van der Waals surface area contributed by atoms with Crippen molar-refractivity contribution in [3.8, 4) is 0 Å². The predicted octanol–water partition coefficient (Wildman–Crippen LogP) is 1.06. The van der Waals surface area contributed by atoms with Crippen molar-refractivity contribution < 1.29 is 9.90 Å². The Labute approximate surface area is 102 Å². The SMILES string of the molecule is CC(=O)C(CCO)Cc1ncnn1CC(C)C. The highest BCUT2D eigenvalue weighted by Crippen LogP contribution is 2.12. The van der Waals surface area contributed by atoms with E-state index in [0.29, 0.717) is 18.8 Å². The Morgan fingerprint density at radius 3 is 2.76 bits per heavy atom. The highest BCUT2D eigenvalue weighted by molar-refractivity contribution is 5.78. The Kier molecular flexibility index (Phi) is 5.28. The normalized spacial score (nSPS) is 13.0. The van der Waals surface area contributed by atoms with Crippen LogP contribution in [0.4, 0.5) is 0 Å². The van der Waals surface area contributed by atoms with E-state index in [2.05, 4.69) is 23.9 Å². The van der Waals surface area contributed by atoms with Gasteiger partial charge in [0.2, 0.25) is 0 Å². The molecule has 1 atom stereocenters. The quantitative estimate of drug-likeness (QED) is 0.772. The van der Waals surface area contributed by atoms with Gasteiger partial charge in [-0.15, -0.1) is 0 Å². The molecule has 1 heterocycles. The second kappa shape index (κ2) is 6.49. The van der Waals surface area contributed by atoms with Crippen LogP contribution in [0, 0.1) is 11.8 Å². The van der Waals surface area contributed by atoms with Gasteiger partial charge in [-0.2, -0.15) is 5.10 Å². The zero-order chi connectivity index (χ0) is 12.8. The molecule has 0 amide bonds. The molecule has 1 aromatic rings. The molecule has 96 valence electrons. The number of ketones is 1. The van der Waals surface area contributed by atoms with Gasteiger partial charge in [0, 0.05) is 25.5 Å². The van der Waals surface area contributed by atoms with Crippen molar-refractivity contribution in [2.24, 2.45) is 11.8 Å². The van der Waals surface area contributed by atoms with E-state index >= 15 is 0 Å². The smallest absolute Gasteiger partial charge is 0.138 e. The minimum atomic E-state index is -0.157. The average molecular weight is 239 g/mol. The van der Waals surface area contributed by atoms with Crippen molar-refractivity contribution >= 4 is 5.78 Å². The largest absolute Gasteiger partial charge is 0.396 e. The molecule has 1 unspecified atom stereocenters. The molecule has 0 saturated heterocycles. The third-order valence-corrected chi connectivity index (χ3v) is 2.72. The fourth-order valence-electron chi connectivity index (χ4n) is 1.77. The van der Waals surface area contributed by atoms with Crippen LogP contribution in [-0.4, -0.2) is 32.3 Å².